The number of rotatable bonds is 5. The lowest BCUT2D eigenvalue weighted by Crippen LogP contribution is -2.48. The van der Waals surface area contributed by atoms with Gasteiger partial charge in [-0.2, -0.15) is 0 Å². The van der Waals surface area contributed by atoms with E-state index < -0.39 is 0 Å². The van der Waals surface area contributed by atoms with E-state index in [2.05, 4.69) is 43.0 Å². The molecule has 1 aliphatic heterocycles. The zero-order valence-electron chi connectivity index (χ0n) is 16.9. The number of piperazine rings is 1. The minimum absolute atomic E-state index is 0.136. The largest absolute Gasteiger partial charge is 0.496 e. The van der Waals surface area contributed by atoms with Crippen molar-refractivity contribution in [3.05, 3.63) is 64.7 Å². The van der Waals surface area contributed by atoms with Gasteiger partial charge in [-0.15, -0.1) is 0 Å². The number of benzene rings is 2. The zero-order valence-corrected chi connectivity index (χ0v) is 16.9. The van der Waals surface area contributed by atoms with Crippen molar-refractivity contribution in [2.24, 2.45) is 0 Å². The molecule has 3 rings (SSSR count). The first-order valence-corrected chi connectivity index (χ1v) is 9.73. The molecular weight excluding hydrogens is 336 g/mol. The second kappa shape index (κ2) is 8.57. The lowest BCUT2D eigenvalue weighted by atomic mass is 9.95. The Bertz CT molecular complexity index is 778. The van der Waals surface area contributed by atoms with Crippen molar-refractivity contribution in [3.8, 4) is 5.75 Å². The predicted molar refractivity (Wildman–Crippen MR) is 109 cm³/mol. The molecule has 0 atom stereocenters. The van der Waals surface area contributed by atoms with Crippen molar-refractivity contribution in [3.63, 3.8) is 0 Å². The summed E-state index contributed by atoms with van der Waals surface area (Å²) in [6.07, 6.45) is 0. The molecule has 0 unspecified atom stereocenters. The number of carbonyl (C=O) groups excluding carboxylic acids is 1. The predicted octanol–water partition coefficient (Wildman–Crippen LogP) is 4.09. The smallest absolute Gasteiger partial charge is 0.254 e. The number of hydrogen-bond acceptors (Lipinski definition) is 3. The standard InChI is InChI=1S/C23H30N2O2/c1-17(2)20-15-21(18(3)14-22(20)27-4)23(26)25-12-10-24(11-13-25)16-19-8-6-5-7-9-19/h5-9,14-15,17H,10-13,16H2,1-4H3. The van der Waals surface area contributed by atoms with Crippen LogP contribution in [0.15, 0.2) is 42.5 Å². The van der Waals surface area contributed by atoms with Gasteiger partial charge in [0.2, 0.25) is 0 Å². The monoisotopic (exact) mass is 366 g/mol. The van der Waals surface area contributed by atoms with E-state index >= 15 is 0 Å². The first-order valence-electron chi connectivity index (χ1n) is 9.73. The Morgan fingerprint density at radius 2 is 1.74 bits per heavy atom. The second-order valence-corrected chi connectivity index (χ2v) is 7.62. The fraction of sp³-hybridized carbons (Fsp3) is 0.435. The Labute approximate surface area is 162 Å². The van der Waals surface area contributed by atoms with Crippen LogP contribution in [0.2, 0.25) is 0 Å². The molecule has 27 heavy (non-hydrogen) atoms. The quantitative estimate of drug-likeness (QED) is 0.799. The molecule has 0 N–H and O–H groups in total. The van der Waals surface area contributed by atoms with Gasteiger partial charge in [-0.25, -0.2) is 0 Å². The molecule has 4 heteroatoms. The molecule has 1 saturated heterocycles. The maximum Gasteiger partial charge on any atom is 0.254 e. The summed E-state index contributed by atoms with van der Waals surface area (Å²) in [6.45, 7) is 10.6. The van der Waals surface area contributed by atoms with Gasteiger partial charge in [-0.3, -0.25) is 9.69 Å². The summed E-state index contributed by atoms with van der Waals surface area (Å²) in [7, 11) is 1.69. The van der Waals surface area contributed by atoms with Crippen LogP contribution in [-0.2, 0) is 6.54 Å². The van der Waals surface area contributed by atoms with Crippen LogP contribution < -0.4 is 4.74 Å². The summed E-state index contributed by atoms with van der Waals surface area (Å²) in [5, 5.41) is 0. The van der Waals surface area contributed by atoms with E-state index in [1.807, 2.05) is 30.0 Å². The van der Waals surface area contributed by atoms with Gasteiger partial charge in [-0.1, -0.05) is 44.2 Å². The molecule has 0 spiro atoms. The summed E-state index contributed by atoms with van der Waals surface area (Å²) in [5.74, 6) is 1.32. The van der Waals surface area contributed by atoms with Crippen molar-refractivity contribution >= 4 is 5.91 Å². The van der Waals surface area contributed by atoms with Gasteiger partial charge in [0.05, 0.1) is 7.11 Å². The molecule has 0 aliphatic carbocycles. The van der Waals surface area contributed by atoms with Gasteiger partial charge in [0, 0.05) is 38.3 Å². The third-order valence-corrected chi connectivity index (χ3v) is 5.34. The number of ether oxygens (including phenoxy) is 1. The van der Waals surface area contributed by atoms with Gasteiger partial charge in [0.25, 0.3) is 5.91 Å². The zero-order chi connectivity index (χ0) is 19.4. The van der Waals surface area contributed by atoms with E-state index in [-0.39, 0.29) is 5.91 Å². The van der Waals surface area contributed by atoms with Crippen LogP contribution in [0.25, 0.3) is 0 Å². The summed E-state index contributed by atoms with van der Waals surface area (Å²) in [4.78, 5) is 17.5. The number of nitrogens with zero attached hydrogens (tertiary/aromatic N) is 2. The molecule has 0 radical (unpaired) electrons. The lowest BCUT2D eigenvalue weighted by molar-refractivity contribution is 0.0627. The molecule has 1 fully saturated rings. The van der Waals surface area contributed by atoms with E-state index in [0.29, 0.717) is 5.92 Å². The van der Waals surface area contributed by atoms with Crippen molar-refractivity contribution < 1.29 is 9.53 Å². The van der Waals surface area contributed by atoms with Gasteiger partial charge in [-0.05, 0) is 41.7 Å². The third-order valence-electron chi connectivity index (χ3n) is 5.34. The van der Waals surface area contributed by atoms with Crippen molar-refractivity contribution in [2.75, 3.05) is 33.3 Å². The highest BCUT2D eigenvalue weighted by Crippen LogP contribution is 2.30. The van der Waals surface area contributed by atoms with Crippen molar-refractivity contribution in [2.45, 2.75) is 33.2 Å². The fourth-order valence-electron chi connectivity index (χ4n) is 3.68. The summed E-state index contributed by atoms with van der Waals surface area (Å²) < 4.78 is 5.51. The van der Waals surface area contributed by atoms with E-state index in [9.17, 15) is 4.79 Å². The number of amides is 1. The highest BCUT2D eigenvalue weighted by molar-refractivity contribution is 5.96. The van der Waals surface area contributed by atoms with Crippen LogP contribution in [0.4, 0.5) is 0 Å². The molecule has 1 heterocycles. The molecule has 1 amide bonds. The minimum Gasteiger partial charge on any atom is -0.496 e. The number of carbonyl (C=O) groups is 1. The van der Waals surface area contributed by atoms with E-state index in [1.165, 1.54) is 5.56 Å². The van der Waals surface area contributed by atoms with Crippen molar-refractivity contribution in [1.82, 2.24) is 9.80 Å². The van der Waals surface area contributed by atoms with Crippen LogP contribution in [0, 0.1) is 6.92 Å². The van der Waals surface area contributed by atoms with Gasteiger partial charge >= 0.3 is 0 Å². The molecule has 0 aromatic heterocycles. The molecule has 1 aliphatic rings. The summed E-state index contributed by atoms with van der Waals surface area (Å²) >= 11 is 0. The Morgan fingerprint density at radius 1 is 1.07 bits per heavy atom. The maximum atomic E-state index is 13.1. The number of aryl methyl sites for hydroxylation is 1. The van der Waals surface area contributed by atoms with Crippen molar-refractivity contribution in [1.29, 1.82) is 0 Å². The minimum atomic E-state index is 0.136. The highest BCUT2D eigenvalue weighted by Gasteiger charge is 2.24. The Balaban J connectivity index is 1.68. The molecule has 2 aromatic rings. The third kappa shape index (κ3) is 4.51. The Hall–Kier alpha value is -2.33. The van der Waals surface area contributed by atoms with E-state index in [0.717, 1.165) is 55.2 Å². The molecule has 0 bridgehead atoms. The first-order chi connectivity index (χ1) is 13.0. The molecule has 144 valence electrons. The maximum absolute atomic E-state index is 13.1. The van der Waals surface area contributed by atoms with Gasteiger partial charge in [0.15, 0.2) is 0 Å². The first kappa shape index (κ1) is 19.4. The average molecular weight is 367 g/mol. The molecular formula is C23H30N2O2. The molecule has 4 nitrogen and oxygen atoms in total. The average Bonchev–Trinajstić information content (AvgIpc) is 2.68. The lowest BCUT2D eigenvalue weighted by Gasteiger charge is -2.35. The number of hydrogen-bond donors (Lipinski definition) is 0. The van der Waals surface area contributed by atoms with Gasteiger partial charge in [0.1, 0.15) is 5.75 Å². The van der Waals surface area contributed by atoms with Crippen LogP contribution in [-0.4, -0.2) is 49.0 Å². The topological polar surface area (TPSA) is 32.8 Å². The van der Waals surface area contributed by atoms with E-state index in [1.54, 1.807) is 7.11 Å². The Kier molecular flexibility index (Phi) is 6.17. The SMILES string of the molecule is COc1cc(C)c(C(=O)N2CCN(Cc3ccccc3)CC2)cc1C(C)C. The Morgan fingerprint density at radius 3 is 2.33 bits per heavy atom. The normalized spacial score (nSPS) is 15.2. The second-order valence-electron chi connectivity index (χ2n) is 7.62. The highest BCUT2D eigenvalue weighted by atomic mass is 16.5. The van der Waals surface area contributed by atoms with Crippen LogP contribution >= 0.6 is 0 Å². The summed E-state index contributed by atoms with van der Waals surface area (Å²) in [6, 6.07) is 14.5. The molecule has 2 aromatic carbocycles. The van der Waals surface area contributed by atoms with Gasteiger partial charge < -0.3 is 9.64 Å². The molecule has 0 saturated carbocycles. The summed E-state index contributed by atoms with van der Waals surface area (Å²) in [5.41, 5.74) is 4.20. The van der Waals surface area contributed by atoms with Crippen LogP contribution in [0.3, 0.4) is 0 Å². The number of methoxy groups -OCH3 is 1. The fourth-order valence-corrected chi connectivity index (χ4v) is 3.68. The van der Waals surface area contributed by atoms with Crippen LogP contribution in [0.5, 0.6) is 5.75 Å². The van der Waals surface area contributed by atoms with Crippen LogP contribution in [0.1, 0.15) is 46.8 Å². The van der Waals surface area contributed by atoms with E-state index in [4.69, 9.17) is 4.74 Å².